The number of likely N-dealkylation sites (tertiary alicyclic amines) is 1. The summed E-state index contributed by atoms with van der Waals surface area (Å²) in [6.07, 6.45) is 39.0. The second kappa shape index (κ2) is 43.2. The molecule has 0 saturated carbocycles. The summed E-state index contributed by atoms with van der Waals surface area (Å²) in [4.78, 5) is 77.8. The molecule has 3 heterocycles. The largest absolute Gasteiger partial charge is 0.462 e. The molecule has 3 aromatic rings. The van der Waals surface area contributed by atoms with Gasteiger partial charge in [0.15, 0.2) is 6.10 Å². The van der Waals surface area contributed by atoms with E-state index in [1.807, 2.05) is 63.5 Å². The van der Waals surface area contributed by atoms with E-state index in [2.05, 4.69) is 40.2 Å². The number of nitrogens with zero attached hydrogens (tertiary/aromatic N) is 6. The fraction of sp³-hybridized carbons (Fsp3) is 0.739. The van der Waals surface area contributed by atoms with E-state index in [9.17, 15) is 24.0 Å². The molecule has 2 aromatic heterocycles. The van der Waals surface area contributed by atoms with Gasteiger partial charge in [0.05, 0.1) is 23.4 Å². The number of unbranched alkanes of at least 4 members (excludes halogenated alkanes) is 25. The maximum atomic E-state index is 13.3. The molecule has 0 bridgehead atoms. The highest BCUT2D eigenvalue weighted by Crippen LogP contribution is 2.31. The second-order valence-corrected chi connectivity index (χ2v) is 24.5. The van der Waals surface area contributed by atoms with Gasteiger partial charge in [0.25, 0.3) is 0 Å². The van der Waals surface area contributed by atoms with Crippen molar-refractivity contribution >= 4 is 46.6 Å². The molecule has 4 rings (SSSR count). The topological polar surface area (TPSA) is 183 Å². The zero-order valence-electron chi connectivity index (χ0n) is 53.1. The number of esters is 4. The van der Waals surface area contributed by atoms with Crippen LogP contribution in [0.4, 0.5) is 5.82 Å². The van der Waals surface area contributed by atoms with Gasteiger partial charge in [-0.2, -0.15) is 5.26 Å². The maximum absolute atomic E-state index is 13.3. The third kappa shape index (κ3) is 29.0. The predicted molar refractivity (Wildman–Crippen MR) is 335 cm³/mol. The number of hydrogen-bond acceptors (Lipinski definition) is 13. The standard InChI is InChI=1S/C69H110N6O9/c1-7-9-11-13-15-17-19-21-23-25-27-29-31-37-64(77)81-52-60(53-82-65(78)38-32-30-28-26-24-22-20-18-16-14-12-10-8-2)83-66(79)49-55(3)35-33-34-36-57(5)69(80)84-59-41-39-58(40-42-59)50-75-48-45-61-67(71-54-72-68(61)75)73(6)62-51-74(47-44-56(62)4)63(76)43-46-70/h39-42,45,48,54-57,60,62H,7-38,43-44,47,49-53H2,1-6H3/t55?,56-,57?,62+/m1/s1. The van der Waals surface area contributed by atoms with E-state index < -0.39 is 12.1 Å². The first-order chi connectivity index (χ1) is 40.8. The zero-order valence-corrected chi connectivity index (χ0v) is 53.1. The summed E-state index contributed by atoms with van der Waals surface area (Å²) < 4.78 is 24.9. The van der Waals surface area contributed by atoms with Crippen molar-refractivity contribution in [3.05, 3.63) is 48.4 Å². The lowest BCUT2D eigenvalue weighted by Gasteiger charge is -2.42. The summed E-state index contributed by atoms with van der Waals surface area (Å²) in [5.41, 5.74) is 1.79. The average molecular weight is 1170 g/mol. The number of amides is 1. The molecular formula is C69H110N6O9. The van der Waals surface area contributed by atoms with Crippen LogP contribution in [-0.2, 0) is 44.7 Å². The molecule has 1 fully saturated rings. The molecule has 15 heteroatoms. The van der Waals surface area contributed by atoms with Gasteiger partial charge in [-0.05, 0) is 61.3 Å². The van der Waals surface area contributed by atoms with Gasteiger partial charge in [-0.15, -0.1) is 0 Å². The Bertz CT molecular complexity index is 2300. The molecule has 1 saturated heterocycles. The van der Waals surface area contributed by atoms with E-state index >= 15 is 0 Å². The molecule has 1 aromatic carbocycles. The van der Waals surface area contributed by atoms with Crippen LogP contribution in [0.2, 0.25) is 0 Å². The number of carbonyl (C=O) groups is 5. The van der Waals surface area contributed by atoms with Gasteiger partial charge in [0, 0.05) is 52.1 Å². The number of nitriles is 1. The second-order valence-electron chi connectivity index (χ2n) is 24.5. The van der Waals surface area contributed by atoms with Crippen molar-refractivity contribution in [2.24, 2.45) is 17.8 Å². The summed E-state index contributed by atoms with van der Waals surface area (Å²) in [7, 11) is 2.01. The van der Waals surface area contributed by atoms with Crippen LogP contribution in [0.1, 0.15) is 265 Å². The number of hydrogen-bond donors (Lipinski definition) is 0. The first-order valence-electron chi connectivity index (χ1n) is 33.3. The lowest BCUT2D eigenvalue weighted by molar-refractivity contribution is -0.167. The van der Waals surface area contributed by atoms with Crippen molar-refractivity contribution in [1.29, 1.82) is 5.26 Å². The maximum Gasteiger partial charge on any atom is 0.314 e. The van der Waals surface area contributed by atoms with Crippen molar-refractivity contribution in [2.45, 2.75) is 278 Å². The zero-order chi connectivity index (χ0) is 60.6. The highest BCUT2D eigenvalue weighted by molar-refractivity contribution is 5.88. The number of benzene rings is 1. The third-order valence-corrected chi connectivity index (χ3v) is 17.0. The number of anilines is 1. The minimum absolute atomic E-state index is 0.0155. The normalized spacial score (nSPS) is 15.0. The van der Waals surface area contributed by atoms with E-state index in [1.165, 1.54) is 128 Å². The van der Waals surface area contributed by atoms with Crippen molar-refractivity contribution in [2.75, 3.05) is 38.3 Å². The first-order valence-corrected chi connectivity index (χ1v) is 33.3. The van der Waals surface area contributed by atoms with Crippen molar-refractivity contribution < 1.29 is 42.9 Å². The Morgan fingerprint density at radius 1 is 0.667 bits per heavy atom. The number of carbonyl (C=O) groups excluding carboxylic acids is 5. The average Bonchev–Trinajstić information content (AvgIpc) is 4.11. The molecule has 2 unspecified atom stereocenters. The lowest BCUT2D eigenvalue weighted by Crippen LogP contribution is -2.52. The fourth-order valence-corrected chi connectivity index (χ4v) is 11.5. The van der Waals surface area contributed by atoms with Gasteiger partial charge in [0.1, 0.15) is 43.2 Å². The van der Waals surface area contributed by atoms with Crippen molar-refractivity contribution in [3.63, 3.8) is 0 Å². The summed E-state index contributed by atoms with van der Waals surface area (Å²) in [5.74, 6) is -0.226. The van der Waals surface area contributed by atoms with E-state index in [-0.39, 0.29) is 67.7 Å². The molecule has 0 aliphatic carbocycles. The van der Waals surface area contributed by atoms with E-state index in [4.69, 9.17) is 24.2 Å². The highest BCUT2D eigenvalue weighted by atomic mass is 16.6. The van der Waals surface area contributed by atoms with Crippen molar-refractivity contribution in [1.82, 2.24) is 19.4 Å². The molecule has 15 nitrogen and oxygen atoms in total. The Hall–Kier alpha value is -5.52. The number of likely N-dealkylation sites (N-methyl/N-ethyl adjacent to an activating group) is 1. The minimum Gasteiger partial charge on any atom is -0.462 e. The molecule has 1 amide bonds. The van der Waals surface area contributed by atoms with Crippen molar-refractivity contribution in [3.8, 4) is 11.8 Å². The quantitative estimate of drug-likeness (QED) is 0.0225. The van der Waals surface area contributed by atoms with Crippen LogP contribution in [0.5, 0.6) is 5.75 Å². The van der Waals surface area contributed by atoms with Gasteiger partial charge in [-0.25, -0.2) is 9.97 Å². The molecule has 0 radical (unpaired) electrons. The van der Waals surface area contributed by atoms with E-state index in [0.717, 1.165) is 86.6 Å². The minimum atomic E-state index is -0.878. The molecular weight excluding hydrogens is 1060 g/mol. The molecule has 84 heavy (non-hydrogen) atoms. The molecule has 1 aliphatic rings. The van der Waals surface area contributed by atoms with Gasteiger partial charge >= 0.3 is 23.9 Å². The van der Waals surface area contributed by atoms with E-state index in [1.54, 1.807) is 11.2 Å². The van der Waals surface area contributed by atoms with Gasteiger partial charge in [0.2, 0.25) is 5.91 Å². The lowest BCUT2D eigenvalue weighted by atomic mass is 9.92. The summed E-state index contributed by atoms with van der Waals surface area (Å²) in [6, 6.07) is 11.6. The van der Waals surface area contributed by atoms with Gasteiger partial charge in [-0.1, -0.05) is 220 Å². The first kappa shape index (κ1) is 71.0. The summed E-state index contributed by atoms with van der Waals surface area (Å²) in [6.45, 7) is 12.0. The van der Waals surface area contributed by atoms with Crippen LogP contribution in [-0.4, -0.2) is 94.7 Å². The van der Waals surface area contributed by atoms with Crippen LogP contribution >= 0.6 is 0 Å². The monoisotopic (exact) mass is 1170 g/mol. The van der Waals surface area contributed by atoms with Crippen LogP contribution in [0, 0.1) is 29.1 Å². The molecule has 0 spiro atoms. The van der Waals surface area contributed by atoms with Crippen LogP contribution in [0.15, 0.2) is 42.9 Å². The predicted octanol–water partition coefficient (Wildman–Crippen LogP) is 16.2. The number of piperidine rings is 1. The molecule has 0 N–H and O–H groups in total. The Labute approximate surface area is 506 Å². The Kier molecular flexibility index (Phi) is 36.5. The fourth-order valence-electron chi connectivity index (χ4n) is 11.5. The highest BCUT2D eigenvalue weighted by Gasteiger charge is 2.33. The summed E-state index contributed by atoms with van der Waals surface area (Å²) >= 11 is 0. The SMILES string of the molecule is CCCCCCCCCCCCCCCC(=O)OCC(COC(=O)CCCCCCCCCCCCCCC)OC(=O)CC(C)CCCCC(C)C(=O)Oc1ccc(Cn2ccc3c(N(C)[C@H]4CN(C(=O)CC#N)CC[C@H]4C)ncnc32)cc1. The molecule has 470 valence electrons. The number of aromatic nitrogens is 3. The van der Waals surface area contributed by atoms with E-state index in [0.29, 0.717) is 50.6 Å². The van der Waals surface area contributed by atoms with Crippen LogP contribution < -0.4 is 9.64 Å². The van der Waals surface area contributed by atoms with Gasteiger partial charge < -0.3 is 33.3 Å². The smallest absolute Gasteiger partial charge is 0.314 e. The summed E-state index contributed by atoms with van der Waals surface area (Å²) in [5, 5.41) is 10.00. The molecule has 4 atom stereocenters. The third-order valence-electron chi connectivity index (χ3n) is 17.0. The Balaban J connectivity index is 1.15. The number of rotatable bonds is 47. The Morgan fingerprint density at radius 3 is 1.70 bits per heavy atom. The number of fused-ring (bicyclic) bond motifs is 1. The van der Waals surface area contributed by atoms with Gasteiger partial charge in [-0.3, -0.25) is 24.0 Å². The number of ether oxygens (including phenoxy) is 4. The Morgan fingerprint density at radius 2 is 1.18 bits per heavy atom. The van der Waals surface area contributed by atoms with Crippen LogP contribution in [0.25, 0.3) is 11.0 Å². The molecule has 1 aliphatic heterocycles. The van der Waals surface area contributed by atoms with Crippen LogP contribution in [0.3, 0.4) is 0 Å².